The van der Waals surface area contributed by atoms with Crippen molar-refractivity contribution >= 4 is 29.2 Å². The molecule has 9 heteroatoms. The number of rotatable bonds is 4. The normalized spacial score (nSPS) is 15.9. The average Bonchev–Trinajstić information content (AvgIpc) is 3.45. The van der Waals surface area contributed by atoms with Crippen molar-refractivity contribution in [1.82, 2.24) is 24.8 Å². The molecule has 3 heterocycles. The average molecular weight is 399 g/mol. The zero-order valence-electron chi connectivity index (χ0n) is 15.2. The van der Waals surface area contributed by atoms with Gasteiger partial charge in [0.15, 0.2) is 0 Å². The predicted octanol–water partition coefficient (Wildman–Crippen LogP) is 2.12. The Balaban J connectivity index is 1.70. The van der Waals surface area contributed by atoms with E-state index in [4.69, 9.17) is 11.6 Å². The second-order valence-electron chi connectivity index (χ2n) is 6.68. The van der Waals surface area contributed by atoms with E-state index in [1.54, 1.807) is 30.7 Å². The molecule has 2 aromatic heterocycles. The molecule has 28 heavy (non-hydrogen) atoms. The highest BCUT2D eigenvalue weighted by molar-refractivity contribution is 6.27. The Kier molecular flexibility index (Phi) is 4.87. The van der Waals surface area contributed by atoms with Crippen molar-refractivity contribution in [2.75, 3.05) is 24.4 Å². The predicted molar refractivity (Wildman–Crippen MR) is 104 cm³/mol. The molecular formula is C19H19ClN6O2. The maximum atomic E-state index is 12.9. The summed E-state index contributed by atoms with van der Waals surface area (Å²) in [5.41, 5.74) is 3.46. The fourth-order valence-corrected chi connectivity index (χ4v) is 3.71. The highest BCUT2D eigenvalue weighted by atomic mass is 35.5. The number of nitrogens with one attached hydrogen (secondary N) is 2. The topological polar surface area (TPSA) is 98.0 Å². The van der Waals surface area contributed by atoms with E-state index in [9.17, 15) is 9.59 Å². The number of benzene rings is 1. The van der Waals surface area contributed by atoms with E-state index in [0.717, 1.165) is 16.8 Å². The number of halogens is 1. The van der Waals surface area contributed by atoms with Crippen molar-refractivity contribution in [2.45, 2.75) is 12.5 Å². The van der Waals surface area contributed by atoms with Gasteiger partial charge in [-0.05, 0) is 23.3 Å². The van der Waals surface area contributed by atoms with E-state index in [1.807, 2.05) is 18.2 Å². The van der Waals surface area contributed by atoms with Crippen molar-refractivity contribution in [3.8, 4) is 0 Å². The molecule has 2 amide bonds. The summed E-state index contributed by atoms with van der Waals surface area (Å²) in [5.74, 6) is 0.186. The summed E-state index contributed by atoms with van der Waals surface area (Å²) in [5, 5.41) is 0. The Morgan fingerprint density at radius 1 is 1.25 bits per heavy atom. The molecule has 144 valence electrons. The first-order valence-electron chi connectivity index (χ1n) is 8.79. The molecule has 1 atom stereocenters. The van der Waals surface area contributed by atoms with Crippen LogP contribution in [0.15, 0.2) is 43.2 Å². The quantitative estimate of drug-likeness (QED) is 0.658. The summed E-state index contributed by atoms with van der Waals surface area (Å²) < 4.78 is 0. The third-order valence-corrected chi connectivity index (χ3v) is 5.27. The van der Waals surface area contributed by atoms with Gasteiger partial charge in [-0.25, -0.2) is 9.97 Å². The maximum absolute atomic E-state index is 12.9. The molecule has 1 unspecified atom stereocenters. The fourth-order valence-electron chi connectivity index (χ4n) is 3.54. The van der Waals surface area contributed by atoms with Crippen LogP contribution in [0.4, 0.5) is 5.82 Å². The lowest BCUT2D eigenvalue weighted by Gasteiger charge is -2.34. The number of fused-ring (bicyclic) bond motifs is 1. The van der Waals surface area contributed by atoms with E-state index < -0.39 is 0 Å². The number of carbonyl (C=O) groups is 2. The highest BCUT2D eigenvalue weighted by Gasteiger charge is 2.30. The molecule has 1 aliphatic rings. The van der Waals surface area contributed by atoms with Crippen LogP contribution in [-0.4, -0.2) is 56.1 Å². The minimum absolute atomic E-state index is 0.0482. The largest absolute Gasteiger partial charge is 0.348 e. The van der Waals surface area contributed by atoms with Gasteiger partial charge in [-0.2, -0.15) is 0 Å². The molecule has 0 spiro atoms. The van der Waals surface area contributed by atoms with E-state index in [2.05, 4.69) is 19.9 Å². The van der Waals surface area contributed by atoms with Gasteiger partial charge in [0.2, 0.25) is 5.91 Å². The lowest BCUT2D eigenvalue weighted by atomic mass is 9.86. The first kappa shape index (κ1) is 18.2. The Morgan fingerprint density at radius 2 is 2.04 bits per heavy atom. The van der Waals surface area contributed by atoms with Gasteiger partial charge in [0.05, 0.1) is 18.9 Å². The monoisotopic (exact) mass is 398 g/mol. The Labute approximate surface area is 166 Å². The molecule has 0 fully saturated rings. The molecule has 0 radical (unpaired) electrons. The number of anilines is 1. The van der Waals surface area contributed by atoms with Crippen LogP contribution in [-0.2, 0) is 11.3 Å². The second-order valence-corrected chi connectivity index (χ2v) is 6.95. The molecule has 0 aliphatic carbocycles. The molecule has 8 nitrogen and oxygen atoms in total. The van der Waals surface area contributed by atoms with Crippen LogP contribution in [0.5, 0.6) is 0 Å². The van der Waals surface area contributed by atoms with Gasteiger partial charge in [-0.3, -0.25) is 14.5 Å². The second kappa shape index (κ2) is 7.47. The Morgan fingerprint density at radius 3 is 2.71 bits per heavy atom. The van der Waals surface area contributed by atoms with Crippen molar-refractivity contribution < 1.29 is 9.59 Å². The van der Waals surface area contributed by atoms with Gasteiger partial charge in [0, 0.05) is 43.5 Å². The van der Waals surface area contributed by atoms with Crippen LogP contribution in [0, 0.1) is 0 Å². The zero-order chi connectivity index (χ0) is 19.7. The molecule has 3 aromatic rings. The molecular weight excluding hydrogens is 380 g/mol. The van der Waals surface area contributed by atoms with Gasteiger partial charge in [0.25, 0.3) is 5.91 Å². The van der Waals surface area contributed by atoms with Crippen molar-refractivity contribution in [3.63, 3.8) is 0 Å². The number of hydrogen-bond donors (Lipinski definition) is 2. The smallest absolute Gasteiger partial charge is 0.259 e. The van der Waals surface area contributed by atoms with Gasteiger partial charge in [-0.1, -0.05) is 6.07 Å². The SMILES string of the molecule is CN(C(=O)c1ccc2c(c1)CN(C(=O)CCl)CC2c1cnc[nH]1)c1cnc[nH]1. The number of H-pyrrole nitrogens is 2. The molecule has 1 aromatic carbocycles. The van der Waals surface area contributed by atoms with Crippen LogP contribution in [0.1, 0.15) is 33.1 Å². The lowest BCUT2D eigenvalue weighted by Crippen LogP contribution is -2.39. The minimum atomic E-state index is -0.161. The van der Waals surface area contributed by atoms with E-state index in [0.29, 0.717) is 24.5 Å². The van der Waals surface area contributed by atoms with Crippen LogP contribution in [0.3, 0.4) is 0 Å². The first-order chi connectivity index (χ1) is 13.6. The zero-order valence-corrected chi connectivity index (χ0v) is 16.0. The number of hydrogen-bond acceptors (Lipinski definition) is 4. The number of carbonyl (C=O) groups excluding carboxylic acids is 2. The third-order valence-electron chi connectivity index (χ3n) is 5.04. The Hall–Kier alpha value is -3.13. The lowest BCUT2D eigenvalue weighted by molar-refractivity contribution is -0.129. The van der Waals surface area contributed by atoms with Gasteiger partial charge in [0.1, 0.15) is 11.7 Å². The van der Waals surface area contributed by atoms with E-state index >= 15 is 0 Å². The molecule has 1 aliphatic heterocycles. The number of aromatic amines is 2. The summed E-state index contributed by atoms with van der Waals surface area (Å²) in [6, 6.07) is 5.62. The maximum Gasteiger partial charge on any atom is 0.259 e. The highest BCUT2D eigenvalue weighted by Crippen LogP contribution is 2.33. The van der Waals surface area contributed by atoms with Crippen molar-refractivity contribution in [1.29, 1.82) is 0 Å². The van der Waals surface area contributed by atoms with Crippen LogP contribution >= 0.6 is 11.6 Å². The summed E-state index contributed by atoms with van der Waals surface area (Å²) >= 11 is 5.78. The van der Waals surface area contributed by atoms with Crippen molar-refractivity contribution in [2.24, 2.45) is 0 Å². The number of aromatic nitrogens is 4. The van der Waals surface area contributed by atoms with Gasteiger partial charge >= 0.3 is 0 Å². The van der Waals surface area contributed by atoms with Gasteiger partial charge in [-0.15, -0.1) is 11.6 Å². The number of nitrogens with zero attached hydrogens (tertiary/aromatic N) is 4. The number of alkyl halides is 1. The van der Waals surface area contributed by atoms with Crippen LogP contribution in [0.25, 0.3) is 0 Å². The minimum Gasteiger partial charge on any atom is -0.348 e. The number of amides is 2. The standard InChI is InChI=1S/C19H19ClN6O2/c1-25(17-7-22-11-24-17)19(28)12-2-3-14-13(4-12)8-26(18(27)5-20)9-15(14)16-6-21-10-23-16/h2-4,6-7,10-11,15H,5,8-9H2,1H3,(H,21,23)(H,22,24). The van der Waals surface area contributed by atoms with E-state index in [-0.39, 0.29) is 23.6 Å². The van der Waals surface area contributed by atoms with Crippen molar-refractivity contribution in [3.05, 3.63) is 65.6 Å². The molecule has 0 bridgehead atoms. The fraction of sp³-hybridized carbons (Fsp3) is 0.263. The Bertz CT molecular complexity index is 986. The van der Waals surface area contributed by atoms with E-state index in [1.165, 1.54) is 11.2 Å². The van der Waals surface area contributed by atoms with Crippen LogP contribution < -0.4 is 4.90 Å². The molecule has 2 N–H and O–H groups in total. The van der Waals surface area contributed by atoms with Gasteiger partial charge < -0.3 is 14.9 Å². The molecule has 4 rings (SSSR count). The van der Waals surface area contributed by atoms with Crippen LogP contribution in [0.2, 0.25) is 0 Å². The molecule has 0 saturated carbocycles. The summed E-state index contributed by atoms with van der Waals surface area (Å²) in [6.45, 7) is 0.933. The summed E-state index contributed by atoms with van der Waals surface area (Å²) in [7, 11) is 1.69. The summed E-state index contributed by atoms with van der Waals surface area (Å²) in [4.78, 5) is 42.5. The number of imidazole rings is 2. The third kappa shape index (κ3) is 3.27. The first-order valence-corrected chi connectivity index (χ1v) is 9.33. The summed E-state index contributed by atoms with van der Waals surface area (Å²) in [6.07, 6.45) is 6.49. The molecule has 0 saturated heterocycles.